The normalized spacial score (nSPS) is 13.1. The second-order valence-corrected chi connectivity index (χ2v) is 3.15. The number of rotatable bonds is 1. The van der Waals surface area contributed by atoms with Crippen LogP contribution in [0.25, 0.3) is 0 Å². The second kappa shape index (κ2) is 3.39. The third-order valence-corrected chi connectivity index (χ3v) is 1.78. The minimum absolute atomic E-state index is 0.153. The fourth-order valence-corrected chi connectivity index (χ4v) is 1.31. The lowest BCUT2D eigenvalue weighted by Gasteiger charge is -2.05. The van der Waals surface area contributed by atoms with Gasteiger partial charge in [-0.15, -0.1) is 0 Å². The Morgan fingerprint density at radius 1 is 1.55 bits per heavy atom. The molecule has 60 valence electrons. The lowest BCUT2D eigenvalue weighted by molar-refractivity contribution is 0.781. The zero-order chi connectivity index (χ0) is 8.43. The van der Waals surface area contributed by atoms with E-state index in [1.54, 1.807) is 6.07 Å². The summed E-state index contributed by atoms with van der Waals surface area (Å²) in [5, 5.41) is 1.05. The Kier molecular flexibility index (Phi) is 2.71. The first kappa shape index (κ1) is 8.78. The van der Waals surface area contributed by atoms with Crippen molar-refractivity contribution in [2.24, 2.45) is 5.73 Å². The summed E-state index contributed by atoms with van der Waals surface area (Å²) < 4.78 is 0. The van der Waals surface area contributed by atoms with E-state index in [0.717, 1.165) is 0 Å². The van der Waals surface area contributed by atoms with Crippen molar-refractivity contribution < 1.29 is 0 Å². The molecule has 0 spiro atoms. The van der Waals surface area contributed by atoms with Crippen LogP contribution in [-0.2, 0) is 0 Å². The number of nitrogens with two attached hydrogens (primary N) is 1. The van der Waals surface area contributed by atoms with Gasteiger partial charge in [-0.3, -0.25) is 4.98 Å². The van der Waals surface area contributed by atoms with Crippen molar-refractivity contribution in [3.63, 3.8) is 0 Å². The van der Waals surface area contributed by atoms with Crippen LogP contribution >= 0.6 is 23.2 Å². The molecule has 0 saturated carbocycles. The van der Waals surface area contributed by atoms with E-state index in [9.17, 15) is 0 Å². The monoisotopic (exact) mass is 190 g/mol. The Hall–Kier alpha value is -0.310. The molecule has 0 fully saturated rings. The molecule has 0 aliphatic rings. The van der Waals surface area contributed by atoms with Crippen LogP contribution < -0.4 is 5.73 Å². The molecule has 1 aromatic heterocycles. The van der Waals surface area contributed by atoms with Gasteiger partial charge in [-0.2, -0.15) is 0 Å². The molecular formula is C7H8Cl2N2. The minimum atomic E-state index is -0.153. The first-order valence-electron chi connectivity index (χ1n) is 3.18. The SMILES string of the molecule is C[C@H](N)c1ncc(Cl)cc1Cl. The van der Waals surface area contributed by atoms with E-state index in [0.29, 0.717) is 15.7 Å². The minimum Gasteiger partial charge on any atom is -0.323 e. The van der Waals surface area contributed by atoms with E-state index in [-0.39, 0.29) is 6.04 Å². The maximum Gasteiger partial charge on any atom is 0.0755 e. The summed E-state index contributed by atoms with van der Waals surface area (Å²) in [6.45, 7) is 1.82. The third kappa shape index (κ3) is 2.06. The summed E-state index contributed by atoms with van der Waals surface area (Å²) in [6.07, 6.45) is 1.53. The van der Waals surface area contributed by atoms with Gasteiger partial charge in [0, 0.05) is 12.2 Å². The van der Waals surface area contributed by atoms with Crippen LogP contribution in [0.4, 0.5) is 0 Å². The highest BCUT2D eigenvalue weighted by Crippen LogP contribution is 2.21. The Morgan fingerprint density at radius 3 is 2.64 bits per heavy atom. The van der Waals surface area contributed by atoms with Gasteiger partial charge < -0.3 is 5.73 Å². The molecule has 1 aromatic rings. The molecule has 0 aliphatic carbocycles. The number of hydrogen-bond acceptors (Lipinski definition) is 2. The molecule has 11 heavy (non-hydrogen) atoms. The van der Waals surface area contributed by atoms with Crippen molar-refractivity contribution in [1.82, 2.24) is 4.98 Å². The zero-order valence-corrected chi connectivity index (χ0v) is 7.52. The molecule has 0 amide bonds. The average molecular weight is 191 g/mol. The summed E-state index contributed by atoms with van der Waals surface area (Å²) in [5.41, 5.74) is 6.25. The molecule has 2 nitrogen and oxygen atoms in total. The van der Waals surface area contributed by atoms with Crippen LogP contribution in [0.5, 0.6) is 0 Å². The van der Waals surface area contributed by atoms with Gasteiger partial charge in [0.2, 0.25) is 0 Å². The van der Waals surface area contributed by atoms with Gasteiger partial charge in [-0.05, 0) is 13.0 Å². The summed E-state index contributed by atoms with van der Waals surface area (Å²) in [6, 6.07) is 1.48. The standard InChI is InChI=1S/C7H8Cl2N2/c1-4(10)7-6(9)2-5(8)3-11-7/h2-4H,10H2,1H3/t4-/m0/s1. The number of halogens is 2. The van der Waals surface area contributed by atoms with Crippen molar-refractivity contribution in [2.75, 3.05) is 0 Å². The predicted molar refractivity (Wildman–Crippen MR) is 46.9 cm³/mol. The Balaban J connectivity index is 3.09. The van der Waals surface area contributed by atoms with E-state index >= 15 is 0 Å². The smallest absolute Gasteiger partial charge is 0.0755 e. The van der Waals surface area contributed by atoms with Crippen molar-refractivity contribution in [2.45, 2.75) is 13.0 Å². The van der Waals surface area contributed by atoms with E-state index < -0.39 is 0 Å². The largest absolute Gasteiger partial charge is 0.323 e. The Bertz CT molecular complexity index is 261. The molecule has 0 radical (unpaired) electrons. The summed E-state index contributed by atoms with van der Waals surface area (Å²) >= 11 is 11.4. The van der Waals surface area contributed by atoms with Gasteiger partial charge in [0.05, 0.1) is 15.7 Å². The highest BCUT2D eigenvalue weighted by molar-refractivity contribution is 6.34. The van der Waals surface area contributed by atoms with E-state index in [1.807, 2.05) is 6.92 Å². The summed E-state index contributed by atoms with van der Waals surface area (Å²) in [7, 11) is 0. The van der Waals surface area contributed by atoms with Crippen molar-refractivity contribution in [1.29, 1.82) is 0 Å². The van der Waals surface area contributed by atoms with Gasteiger partial charge in [0.15, 0.2) is 0 Å². The van der Waals surface area contributed by atoms with Crippen LogP contribution in [0.15, 0.2) is 12.3 Å². The van der Waals surface area contributed by atoms with Gasteiger partial charge in [0.1, 0.15) is 0 Å². The highest BCUT2D eigenvalue weighted by atomic mass is 35.5. The molecule has 1 heterocycles. The van der Waals surface area contributed by atoms with E-state index in [1.165, 1.54) is 6.20 Å². The molecule has 0 aliphatic heterocycles. The molecule has 0 unspecified atom stereocenters. The lowest BCUT2D eigenvalue weighted by Crippen LogP contribution is -2.07. The number of aromatic nitrogens is 1. The van der Waals surface area contributed by atoms with E-state index in [4.69, 9.17) is 28.9 Å². The molecular weight excluding hydrogens is 183 g/mol. The lowest BCUT2D eigenvalue weighted by atomic mass is 10.2. The second-order valence-electron chi connectivity index (χ2n) is 2.31. The van der Waals surface area contributed by atoms with E-state index in [2.05, 4.69) is 4.98 Å². The van der Waals surface area contributed by atoms with Gasteiger partial charge in [-0.1, -0.05) is 23.2 Å². The number of nitrogens with zero attached hydrogens (tertiary/aromatic N) is 1. The van der Waals surface area contributed by atoms with Crippen molar-refractivity contribution in [3.05, 3.63) is 28.0 Å². The Morgan fingerprint density at radius 2 is 2.18 bits per heavy atom. The predicted octanol–water partition coefficient (Wildman–Crippen LogP) is 2.41. The molecule has 4 heteroatoms. The van der Waals surface area contributed by atoms with Gasteiger partial charge in [-0.25, -0.2) is 0 Å². The molecule has 0 bridgehead atoms. The van der Waals surface area contributed by atoms with Gasteiger partial charge >= 0.3 is 0 Å². The first-order valence-corrected chi connectivity index (χ1v) is 3.93. The third-order valence-electron chi connectivity index (χ3n) is 1.27. The van der Waals surface area contributed by atoms with Crippen LogP contribution in [0.3, 0.4) is 0 Å². The summed E-state index contributed by atoms with van der Waals surface area (Å²) in [5.74, 6) is 0. The maximum absolute atomic E-state index is 5.80. The van der Waals surface area contributed by atoms with Crippen LogP contribution in [0, 0.1) is 0 Å². The molecule has 0 saturated heterocycles. The highest BCUT2D eigenvalue weighted by Gasteiger charge is 2.06. The Labute approximate surface area is 75.3 Å². The molecule has 1 rings (SSSR count). The molecule has 2 N–H and O–H groups in total. The number of hydrogen-bond donors (Lipinski definition) is 1. The number of pyridine rings is 1. The quantitative estimate of drug-likeness (QED) is 0.740. The fourth-order valence-electron chi connectivity index (χ4n) is 0.760. The first-order chi connectivity index (χ1) is 5.11. The van der Waals surface area contributed by atoms with Crippen LogP contribution in [0.1, 0.15) is 18.7 Å². The topological polar surface area (TPSA) is 38.9 Å². The van der Waals surface area contributed by atoms with Crippen molar-refractivity contribution >= 4 is 23.2 Å². The molecule has 0 aromatic carbocycles. The fraction of sp³-hybridized carbons (Fsp3) is 0.286. The average Bonchev–Trinajstić information content (AvgIpc) is 1.85. The van der Waals surface area contributed by atoms with Crippen LogP contribution in [-0.4, -0.2) is 4.98 Å². The maximum atomic E-state index is 5.80. The molecule has 1 atom stereocenters. The van der Waals surface area contributed by atoms with Crippen LogP contribution in [0.2, 0.25) is 10.0 Å². The zero-order valence-electron chi connectivity index (χ0n) is 6.01. The van der Waals surface area contributed by atoms with Crippen molar-refractivity contribution in [3.8, 4) is 0 Å². The summed E-state index contributed by atoms with van der Waals surface area (Å²) in [4.78, 5) is 3.99. The van der Waals surface area contributed by atoms with Gasteiger partial charge in [0.25, 0.3) is 0 Å².